The van der Waals surface area contributed by atoms with Crippen LogP contribution in [-0.4, -0.2) is 21.4 Å². The van der Waals surface area contributed by atoms with E-state index in [0.717, 1.165) is 51.7 Å². The number of carbonyl (C=O) groups excluding carboxylic acids is 1. The number of hydrogen-bond donors (Lipinski definition) is 0. The predicted molar refractivity (Wildman–Crippen MR) is 140 cm³/mol. The van der Waals surface area contributed by atoms with Crippen LogP contribution in [0.25, 0.3) is 22.2 Å². The monoisotopic (exact) mass is 488 g/mol. The van der Waals surface area contributed by atoms with Crippen molar-refractivity contribution < 1.29 is 4.79 Å². The lowest BCUT2D eigenvalue weighted by Gasteiger charge is -2.36. The number of aryl methyl sites for hydroxylation is 1. The average Bonchev–Trinajstić information content (AvgIpc) is 3.31. The van der Waals surface area contributed by atoms with E-state index in [9.17, 15) is 4.79 Å². The molecular weight excluding hydrogens is 463 g/mol. The van der Waals surface area contributed by atoms with Crippen molar-refractivity contribution >= 4 is 40.0 Å². The van der Waals surface area contributed by atoms with Crippen LogP contribution >= 0.6 is 23.2 Å². The molecule has 3 nitrogen and oxygen atoms in total. The summed E-state index contributed by atoms with van der Waals surface area (Å²) in [5, 5.41) is 2.38. The first-order chi connectivity index (χ1) is 16.6. The number of benzene rings is 3. The lowest BCUT2D eigenvalue weighted by Crippen LogP contribution is -2.40. The maximum absolute atomic E-state index is 13.9. The third kappa shape index (κ3) is 3.29. The van der Waals surface area contributed by atoms with Crippen molar-refractivity contribution in [2.75, 3.05) is 0 Å². The molecule has 1 atom stereocenters. The van der Waals surface area contributed by atoms with Crippen molar-refractivity contribution in [3.8, 4) is 11.3 Å². The Morgan fingerprint density at radius 1 is 0.853 bits per heavy atom. The van der Waals surface area contributed by atoms with Gasteiger partial charge in [-0.15, -0.1) is 0 Å². The Morgan fingerprint density at radius 2 is 1.59 bits per heavy atom. The van der Waals surface area contributed by atoms with Gasteiger partial charge in [0.05, 0.1) is 16.8 Å². The summed E-state index contributed by atoms with van der Waals surface area (Å²) in [6.07, 6.45) is 5.69. The minimum absolute atomic E-state index is 0.147. The first-order valence-electron chi connectivity index (χ1n) is 12.0. The van der Waals surface area contributed by atoms with Crippen molar-refractivity contribution in [2.24, 2.45) is 7.05 Å². The molecule has 1 aromatic heterocycles. The largest absolute Gasteiger partial charge is 0.343 e. The molecule has 0 bridgehead atoms. The van der Waals surface area contributed by atoms with Gasteiger partial charge in [0.15, 0.2) is 0 Å². The van der Waals surface area contributed by atoms with Crippen LogP contribution in [0.2, 0.25) is 10.0 Å². The van der Waals surface area contributed by atoms with E-state index in [1.54, 1.807) is 6.07 Å². The molecule has 172 valence electrons. The Hall–Kier alpha value is -2.75. The fourth-order valence-electron chi connectivity index (χ4n) is 6.07. The second-order valence-corrected chi connectivity index (χ2v) is 10.3. The van der Waals surface area contributed by atoms with E-state index >= 15 is 0 Å². The third-order valence-electron chi connectivity index (χ3n) is 7.57. The highest BCUT2D eigenvalue weighted by Crippen LogP contribution is 2.49. The van der Waals surface area contributed by atoms with Crippen LogP contribution in [0, 0.1) is 0 Å². The van der Waals surface area contributed by atoms with Crippen LogP contribution < -0.4 is 0 Å². The molecule has 1 amide bonds. The smallest absolute Gasteiger partial charge is 0.255 e. The number of carbonyl (C=O) groups is 1. The average molecular weight is 489 g/mol. The summed E-state index contributed by atoms with van der Waals surface area (Å²) in [5.41, 5.74) is 6.14. The summed E-state index contributed by atoms with van der Waals surface area (Å²) in [4.78, 5) is 16.0. The van der Waals surface area contributed by atoms with Crippen LogP contribution in [0.4, 0.5) is 0 Å². The van der Waals surface area contributed by atoms with Gasteiger partial charge in [0.1, 0.15) is 0 Å². The molecule has 5 heteroatoms. The van der Waals surface area contributed by atoms with Gasteiger partial charge in [0.2, 0.25) is 0 Å². The minimum atomic E-state index is -0.153. The van der Waals surface area contributed by atoms with Crippen molar-refractivity contribution in [3.63, 3.8) is 0 Å². The van der Waals surface area contributed by atoms with Crippen LogP contribution in [0.5, 0.6) is 0 Å². The van der Waals surface area contributed by atoms with E-state index in [-0.39, 0.29) is 18.0 Å². The molecule has 1 fully saturated rings. The lowest BCUT2D eigenvalue weighted by molar-refractivity contribution is 0.0613. The molecule has 0 radical (unpaired) electrons. The van der Waals surface area contributed by atoms with Gasteiger partial charge < -0.3 is 9.47 Å². The van der Waals surface area contributed by atoms with Crippen LogP contribution in [-0.2, 0) is 7.05 Å². The second kappa shape index (κ2) is 8.48. The molecule has 6 rings (SSSR count). The van der Waals surface area contributed by atoms with E-state index in [1.165, 1.54) is 19.3 Å². The number of rotatable bonds is 3. The summed E-state index contributed by atoms with van der Waals surface area (Å²) in [7, 11) is 2.08. The van der Waals surface area contributed by atoms with E-state index < -0.39 is 0 Å². The van der Waals surface area contributed by atoms with Crippen molar-refractivity contribution in [1.82, 2.24) is 9.47 Å². The molecule has 34 heavy (non-hydrogen) atoms. The standard InChI is InChI=1S/C29H26Cl2N2O/c1-32-25-14-8-7-13-23(25)26(27(32)22-16-15-18(30)17-24(22)31)28-20-11-5-6-12-21(20)29(34)33(28)19-9-3-2-4-10-19/h5-8,11-17,19,28H,2-4,9-10H2,1H3/t28-/m0/s1. The number of halogens is 2. The Morgan fingerprint density at radius 3 is 2.38 bits per heavy atom. The zero-order chi connectivity index (χ0) is 23.4. The fourth-order valence-corrected chi connectivity index (χ4v) is 6.57. The van der Waals surface area contributed by atoms with E-state index in [0.29, 0.717) is 10.0 Å². The molecule has 3 aromatic carbocycles. The fraction of sp³-hybridized carbons (Fsp3) is 0.276. The SMILES string of the molecule is Cn1c(-c2ccc(Cl)cc2Cl)c([C@@H]2c3ccccc3C(=O)N2C2CCCCC2)c2ccccc21. The molecule has 0 spiro atoms. The van der Waals surface area contributed by atoms with Crippen LogP contribution in [0.15, 0.2) is 66.7 Å². The maximum atomic E-state index is 13.9. The molecule has 1 aliphatic carbocycles. The van der Waals surface area contributed by atoms with Crippen molar-refractivity contribution in [1.29, 1.82) is 0 Å². The van der Waals surface area contributed by atoms with Gasteiger partial charge in [-0.2, -0.15) is 0 Å². The van der Waals surface area contributed by atoms with Crippen LogP contribution in [0.3, 0.4) is 0 Å². The van der Waals surface area contributed by atoms with Crippen molar-refractivity contribution in [2.45, 2.75) is 44.2 Å². The number of hydrogen-bond acceptors (Lipinski definition) is 1. The molecule has 1 aliphatic heterocycles. The molecular formula is C29H26Cl2N2O. The zero-order valence-electron chi connectivity index (χ0n) is 19.1. The number of aromatic nitrogens is 1. The first-order valence-corrected chi connectivity index (χ1v) is 12.8. The number of amides is 1. The van der Waals surface area contributed by atoms with Gasteiger partial charge in [0.25, 0.3) is 5.91 Å². The van der Waals surface area contributed by atoms with Crippen molar-refractivity contribution in [3.05, 3.63) is 93.5 Å². The molecule has 0 N–H and O–H groups in total. The first kappa shape index (κ1) is 21.8. The summed E-state index contributed by atoms with van der Waals surface area (Å²) >= 11 is 13.0. The maximum Gasteiger partial charge on any atom is 0.255 e. The van der Waals surface area contributed by atoms with Gasteiger partial charge in [-0.05, 0) is 48.7 Å². The lowest BCUT2D eigenvalue weighted by atomic mass is 9.89. The highest BCUT2D eigenvalue weighted by molar-refractivity contribution is 6.36. The van der Waals surface area contributed by atoms with Gasteiger partial charge in [-0.3, -0.25) is 4.79 Å². The second-order valence-electron chi connectivity index (χ2n) is 9.46. The Kier molecular flexibility index (Phi) is 5.43. The molecule has 0 unspecified atom stereocenters. The van der Waals surface area contributed by atoms with Gasteiger partial charge >= 0.3 is 0 Å². The quantitative estimate of drug-likeness (QED) is 0.286. The highest BCUT2D eigenvalue weighted by atomic mass is 35.5. The van der Waals surface area contributed by atoms with Gasteiger partial charge in [-0.1, -0.05) is 78.9 Å². The molecule has 0 saturated heterocycles. The third-order valence-corrected chi connectivity index (χ3v) is 8.12. The normalized spacial score (nSPS) is 18.6. The van der Waals surface area contributed by atoms with Gasteiger partial charge in [0, 0.05) is 45.7 Å². The zero-order valence-corrected chi connectivity index (χ0v) is 20.6. The van der Waals surface area contributed by atoms with E-state index in [1.807, 2.05) is 30.3 Å². The summed E-state index contributed by atoms with van der Waals surface area (Å²) in [5.74, 6) is 0.147. The minimum Gasteiger partial charge on any atom is -0.343 e. The Bertz CT molecular complexity index is 1420. The molecule has 4 aromatic rings. The number of nitrogens with zero attached hydrogens (tertiary/aromatic N) is 2. The summed E-state index contributed by atoms with van der Waals surface area (Å²) in [6, 6.07) is 22.3. The molecule has 2 aliphatic rings. The van der Waals surface area contributed by atoms with Crippen LogP contribution in [0.1, 0.15) is 59.6 Å². The number of para-hydroxylation sites is 1. The van der Waals surface area contributed by atoms with E-state index in [4.69, 9.17) is 23.2 Å². The van der Waals surface area contributed by atoms with E-state index in [2.05, 4.69) is 46.8 Å². The molecule has 2 heterocycles. The highest BCUT2D eigenvalue weighted by Gasteiger charge is 2.44. The summed E-state index contributed by atoms with van der Waals surface area (Å²) < 4.78 is 2.21. The number of fused-ring (bicyclic) bond motifs is 2. The molecule has 1 saturated carbocycles. The Balaban J connectivity index is 1.67. The van der Waals surface area contributed by atoms with Gasteiger partial charge in [-0.25, -0.2) is 0 Å². The topological polar surface area (TPSA) is 25.2 Å². The Labute approximate surface area is 209 Å². The summed E-state index contributed by atoms with van der Waals surface area (Å²) in [6.45, 7) is 0. The predicted octanol–water partition coefficient (Wildman–Crippen LogP) is 8.03.